The minimum absolute atomic E-state index is 0.0255. The second kappa shape index (κ2) is 5.08. The number of hydrogen-bond donors (Lipinski definition) is 1. The lowest BCUT2D eigenvalue weighted by Gasteiger charge is -2.20. The number of carbonyl (C=O) groups excluding carboxylic acids is 1. The predicted octanol–water partition coefficient (Wildman–Crippen LogP) is 3.57. The van der Waals surface area contributed by atoms with E-state index >= 15 is 0 Å². The molecule has 1 heterocycles. The smallest absolute Gasteiger partial charge is 0.261 e. The molecule has 3 nitrogen and oxygen atoms in total. The maximum Gasteiger partial charge on any atom is 0.261 e. The Bertz CT molecular complexity index is 581. The van der Waals surface area contributed by atoms with Gasteiger partial charge in [-0.15, -0.1) is 0 Å². The highest BCUT2D eigenvalue weighted by Crippen LogP contribution is 2.48. The van der Waals surface area contributed by atoms with Crippen molar-refractivity contribution >= 4 is 34.4 Å². The van der Waals surface area contributed by atoms with Gasteiger partial charge in [-0.2, -0.15) is 4.99 Å². The summed E-state index contributed by atoms with van der Waals surface area (Å²) >= 11 is 7.83. The topological polar surface area (TPSA) is 41.5 Å². The molecule has 20 heavy (non-hydrogen) atoms. The fraction of sp³-hybridized carbons (Fsp3) is 0.467. The summed E-state index contributed by atoms with van der Waals surface area (Å²) in [6.07, 6.45) is 2.05. The second-order valence-corrected chi connectivity index (χ2v) is 7.26. The molecule has 0 radical (unpaired) electrons. The number of amidine groups is 1. The zero-order valence-electron chi connectivity index (χ0n) is 11.5. The second-order valence-electron chi connectivity index (χ2n) is 5.72. The van der Waals surface area contributed by atoms with Crippen LogP contribution in [-0.2, 0) is 10.3 Å². The molecule has 0 bridgehead atoms. The molecular formula is C15H17ClN2OS. The fourth-order valence-electron chi connectivity index (χ4n) is 2.48. The predicted molar refractivity (Wildman–Crippen MR) is 84.2 cm³/mol. The standard InChI is InChI=1S/C15H17ClN2OS/c1-9(2)12-13(19)17-14(20-12)18-15(7-8-15)10-5-3-4-6-11(10)16/h3-6,9,12H,7-8H2,1-2H3,(H,17,18,19). The molecule has 1 atom stereocenters. The van der Waals surface area contributed by atoms with Gasteiger partial charge in [-0.05, 0) is 30.4 Å². The summed E-state index contributed by atoms with van der Waals surface area (Å²) in [6.45, 7) is 4.10. The average Bonchev–Trinajstić information content (AvgIpc) is 3.06. The first-order valence-corrected chi connectivity index (χ1v) is 8.10. The molecule has 1 aromatic carbocycles. The van der Waals surface area contributed by atoms with E-state index in [4.69, 9.17) is 11.6 Å². The Hall–Kier alpha value is -1.00. The van der Waals surface area contributed by atoms with E-state index in [1.165, 1.54) is 0 Å². The molecule has 2 aliphatic rings. The molecule has 1 amide bonds. The fourth-order valence-corrected chi connectivity index (χ4v) is 3.86. The summed E-state index contributed by atoms with van der Waals surface area (Å²) < 4.78 is 0. The summed E-state index contributed by atoms with van der Waals surface area (Å²) in [5, 5.41) is 4.90. The molecule has 1 unspecified atom stereocenters. The van der Waals surface area contributed by atoms with Gasteiger partial charge in [-0.1, -0.05) is 55.4 Å². The van der Waals surface area contributed by atoms with Gasteiger partial charge in [0.25, 0.3) is 5.91 Å². The number of benzene rings is 1. The van der Waals surface area contributed by atoms with Crippen LogP contribution in [0.25, 0.3) is 0 Å². The molecule has 1 aliphatic carbocycles. The zero-order chi connectivity index (χ0) is 14.3. The first-order chi connectivity index (χ1) is 9.52. The van der Waals surface area contributed by atoms with Crippen LogP contribution in [0.5, 0.6) is 0 Å². The van der Waals surface area contributed by atoms with E-state index in [2.05, 4.69) is 24.2 Å². The van der Waals surface area contributed by atoms with Crippen molar-refractivity contribution in [3.8, 4) is 0 Å². The maximum absolute atomic E-state index is 11.9. The lowest BCUT2D eigenvalue weighted by atomic mass is 10.1. The van der Waals surface area contributed by atoms with Gasteiger partial charge < -0.3 is 5.32 Å². The highest BCUT2D eigenvalue weighted by molar-refractivity contribution is 8.15. The number of aliphatic imine (C=N–C) groups is 1. The normalized spacial score (nSPS) is 23.9. The van der Waals surface area contributed by atoms with E-state index in [-0.39, 0.29) is 16.7 Å². The molecule has 0 saturated heterocycles. The number of halogens is 1. The van der Waals surface area contributed by atoms with Crippen LogP contribution in [0.1, 0.15) is 32.3 Å². The summed E-state index contributed by atoms with van der Waals surface area (Å²) in [7, 11) is 0. The van der Waals surface area contributed by atoms with E-state index < -0.39 is 0 Å². The number of thioether (sulfide) groups is 1. The molecule has 1 aliphatic heterocycles. The van der Waals surface area contributed by atoms with Gasteiger partial charge >= 0.3 is 0 Å². The largest absolute Gasteiger partial charge is 0.355 e. The molecule has 1 aromatic rings. The average molecular weight is 309 g/mol. The molecule has 0 spiro atoms. The van der Waals surface area contributed by atoms with Crippen molar-refractivity contribution in [2.45, 2.75) is 37.5 Å². The number of nitrogens with one attached hydrogen (secondary N) is 1. The Morgan fingerprint density at radius 1 is 1.40 bits per heavy atom. The molecule has 106 valence electrons. The van der Waals surface area contributed by atoms with Gasteiger partial charge in [0.1, 0.15) is 0 Å². The van der Waals surface area contributed by atoms with Gasteiger partial charge in [0.2, 0.25) is 0 Å². The number of hydrogen-bond acceptors (Lipinski definition) is 3. The van der Waals surface area contributed by atoms with Crippen molar-refractivity contribution in [2.24, 2.45) is 10.9 Å². The van der Waals surface area contributed by atoms with E-state index in [0.29, 0.717) is 5.92 Å². The summed E-state index contributed by atoms with van der Waals surface area (Å²) in [4.78, 5) is 16.0. The SMILES string of the molecule is CC(C)C1SC(NC2(c3ccccc3Cl)CC2)=NC1=O. The molecule has 1 fully saturated rings. The highest BCUT2D eigenvalue weighted by Gasteiger charge is 2.47. The third-order valence-electron chi connectivity index (χ3n) is 3.78. The van der Waals surface area contributed by atoms with Gasteiger partial charge in [0, 0.05) is 5.02 Å². The summed E-state index contributed by atoms with van der Waals surface area (Å²) in [5.41, 5.74) is 0.974. The van der Waals surface area contributed by atoms with E-state index in [1.807, 2.05) is 24.3 Å². The third kappa shape index (κ3) is 2.47. The Kier molecular flexibility index (Phi) is 3.55. The molecular weight excluding hydrogens is 292 g/mol. The Labute approximate surface area is 128 Å². The van der Waals surface area contributed by atoms with Crippen molar-refractivity contribution < 1.29 is 4.79 Å². The van der Waals surface area contributed by atoms with Crippen LogP contribution in [0, 0.1) is 5.92 Å². The van der Waals surface area contributed by atoms with Crippen LogP contribution in [0.15, 0.2) is 29.3 Å². The molecule has 1 N–H and O–H groups in total. The maximum atomic E-state index is 11.9. The number of carbonyl (C=O) groups is 1. The Morgan fingerprint density at radius 3 is 2.65 bits per heavy atom. The lowest BCUT2D eigenvalue weighted by Crippen LogP contribution is -2.33. The monoisotopic (exact) mass is 308 g/mol. The van der Waals surface area contributed by atoms with E-state index in [0.717, 1.165) is 28.6 Å². The lowest BCUT2D eigenvalue weighted by molar-refractivity contribution is -0.117. The van der Waals surface area contributed by atoms with Crippen LogP contribution in [0.2, 0.25) is 5.02 Å². The molecule has 3 rings (SSSR count). The quantitative estimate of drug-likeness (QED) is 0.928. The minimum Gasteiger partial charge on any atom is -0.355 e. The van der Waals surface area contributed by atoms with Crippen LogP contribution >= 0.6 is 23.4 Å². The van der Waals surface area contributed by atoms with Crippen molar-refractivity contribution in [2.75, 3.05) is 0 Å². The molecule has 1 saturated carbocycles. The van der Waals surface area contributed by atoms with E-state index in [1.54, 1.807) is 11.8 Å². The van der Waals surface area contributed by atoms with Crippen LogP contribution < -0.4 is 5.32 Å². The number of nitrogens with zero attached hydrogens (tertiary/aromatic N) is 1. The third-order valence-corrected chi connectivity index (χ3v) is 5.53. The van der Waals surface area contributed by atoms with Gasteiger partial charge in [0.15, 0.2) is 5.17 Å². The number of rotatable bonds is 3. The molecule has 0 aromatic heterocycles. The molecule has 5 heteroatoms. The summed E-state index contributed by atoms with van der Waals surface area (Å²) in [6, 6.07) is 7.88. The van der Waals surface area contributed by atoms with Crippen LogP contribution in [0.3, 0.4) is 0 Å². The zero-order valence-corrected chi connectivity index (χ0v) is 13.1. The van der Waals surface area contributed by atoms with E-state index in [9.17, 15) is 4.79 Å². The van der Waals surface area contributed by atoms with Gasteiger partial charge in [-0.3, -0.25) is 4.79 Å². The first kappa shape index (κ1) is 14.0. The highest BCUT2D eigenvalue weighted by atomic mass is 35.5. The van der Waals surface area contributed by atoms with Crippen LogP contribution in [0.4, 0.5) is 0 Å². The van der Waals surface area contributed by atoms with Crippen LogP contribution in [-0.4, -0.2) is 16.3 Å². The number of amides is 1. The van der Waals surface area contributed by atoms with Gasteiger partial charge in [-0.25, -0.2) is 0 Å². The van der Waals surface area contributed by atoms with Crippen molar-refractivity contribution in [3.05, 3.63) is 34.9 Å². The van der Waals surface area contributed by atoms with Crippen molar-refractivity contribution in [1.82, 2.24) is 5.32 Å². The first-order valence-electron chi connectivity index (χ1n) is 6.84. The van der Waals surface area contributed by atoms with Crippen molar-refractivity contribution in [1.29, 1.82) is 0 Å². The Balaban J connectivity index is 1.78. The van der Waals surface area contributed by atoms with Crippen molar-refractivity contribution in [3.63, 3.8) is 0 Å². The Morgan fingerprint density at radius 2 is 2.10 bits per heavy atom. The van der Waals surface area contributed by atoms with Gasteiger partial charge in [0.05, 0.1) is 10.8 Å². The summed E-state index contributed by atoms with van der Waals surface area (Å²) in [5.74, 6) is 0.272. The minimum atomic E-state index is -0.129.